The third-order valence-electron chi connectivity index (χ3n) is 3.93. The third-order valence-corrected chi connectivity index (χ3v) is 3.93. The molecule has 0 fully saturated rings. The molecule has 3 aromatic rings. The number of aryl methyl sites for hydroxylation is 1. The number of nitrogens with one attached hydrogen (secondary N) is 1. The van der Waals surface area contributed by atoms with Gasteiger partial charge in [-0.25, -0.2) is 9.97 Å². The van der Waals surface area contributed by atoms with Crippen molar-refractivity contribution in [2.75, 3.05) is 5.32 Å². The van der Waals surface area contributed by atoms with E-state index in [1.165, 1.54) is 0 Å². The first-order valence-corrected chi connectivity index (χ1v) is 7.29. The van der Waals surface area contributed by atoms with Gasteiger partial charge in [0, 0.05) is 37.2 Å². The molecular weight excluding hydrogens is 294 g/mol. The van der Waals surface area contributed by atoms with Crippen LogP contribution in [0.2, 0.25) is 0 Å². The number of rotatable bonds is 2. The highest BCUT2D eigenvalue weighted by Crippen LogP contribution is 2.28. The van der Waals surface area contributed by atoms with Crippen LogP contribution in [-0.4, -0.2) is 31.2 Å². The lowest BCUT2D eigenvalue weighted by Crippen LogP contribution is -2.34. The molecule has 7 heteroatoms. The number of aromatic nitrogens is 4. The Morgan fingerprint density at radius 2 is 2.04 bits per heavy atom. The summed E-state index contributed by atoms with van der Waals surface area (Å²) in [4.78, 5) is 37.4. The van der Waals surface area contributed by atoms with E-state index in [9.17, 15) is 9.59 Å². The molecule has 1 unspecified atom stereocenters. The average Bonchev–Trinajstić information content (AvgIpc) is 2.93. The van der Waals surface area contributed by atoms with Crippen molar-refractivity contribution in [3.8, 4) is 0 Å². The molecule has 0 aliphatic carbocycles. The number of Topliss-reactive ketones (excluding diaryl/α,β-unsaturated/α-hetero) is 1. The third kappa shape index (κ3) is 2.26. The lowest BCUT2D eigenvalue weighted by molar-refractivity contribution is -0.128. The maximum Gasteiger partial charge on any atom is 0.242 e. The summed E-state index contributed by atoms with van der Waals surface area (Å²) in [5.74, 6) is -0.954. The van der Waals surface area contributed by atoms with Crippen molar-refractivity contribution in [3.05, 3.63) is 48.7 Å². The molecule has 1 amide bonds. The summed E-state index contributed by atoms with van der Waals surface area (Å²) < 4.78 is 1.90. The molecule has 114 valence electrons. The topological polar surface area (TPSA) is 89.8 Å². The van der Waals surface area contributed by atoms with Crippen molar-refractivity contribution in [3.63, 3.8) is 0 Å². The second-order valence-corrected chi connectivity index (χ2v) is 5.34. The molecule has 0 saturated carbocycles. The molecule has 7 nitrogen and oxygen atoms in total. The maximum atomic E-state index is 12.6. The van der Waals surface area contributed by atoms with Crippen LogP contribution < -0.4 is 5.32 Å². The lowest BCUT2D eigenvalue weighted by atomic mass is 9.96. The number of ketones is 1. The van der Waals surface area contributed by atoms with Crippen LogP contribution in [-0.2, 0) is 16.1 Å². The van der Waals surface area contributed by atoms with Gasteiger partial charge in [0.25, 0.3) is 0 Å². The van der Waals surface area contributed by atoms with Crippen molar-refractivity contribution in [2.24, 2.45) is 0 Å². The fourth-order valence-electron chi connectivity index (χ4n) is 2.86. The molecule has 0 bridgehead atoms. The Balaban J connectivity index is 1.74. The van der Waals surface area contributed by atoms with Crippen molar-refractivity contribution in [1.29, 1.82) is 0 Å². The highest BCUT2D eigenvalue weighted by atomic mass is 16.2. The normalized spacial score (nSPS) is 17.0. The van der Waals surface area contributed by atoms with Gasteiger partial charge in [0.1, 0.15) is 5.82 Å². The zero-order valence-corrected chi connectivity index (χ0v) is 12.1. The number of amides is 1. The first-order chi connectivity index (χ1) is 11.2. The van der Waals surface area contributed by atoms with E-state index in [0.29, 0.717) is 30.1 Å². The fraction of sp³-hybridized carbons (Fsp3) is 0.188. The SMILES string of the molecule is O=C1CCn2c(nc3ncccc32)C1C(=O)Nc1ccncc1. The number of carbonyl (C=O) groups is 2. The van der Waals surface area contributed by atoms with Crippen LogP contribution in [0.25, 0.3) is 11.2 Å². The molecule has 0 radical (unpaired) electrons. The van der Waals surface area contributed by atoms with E-state index in [2.05, 4.69) is 20.3 Å². The molecule has 0 aromatic carbocycles. The fourth-order valence-corrected chi connectivity index (χ4v) is 2.86. The molecule has 0 saturated heterocycles. The van der Waals surface area contributed by atoms with Crippen LogP contribution in [0.4, 0.5) is 5.69 Å². The summed E-state index contributed by atoms with van der Waals surface area (Å²) in [6, 6.07) is 7.07. The van der Waals surface area contributed by atoms with Gasteiger partial charge in [-0.05, 0) is 24.3 Å². The number of anilines is 1. The smallest absolute Gasteiger partial charge is 0.242 e. The zero-order valence-electron chi connectivity index (χ0n) is 12.1. The highest BCUT2D eigenvalue weighted by Gasteiger charge is 2.36. The van der Waals surface area contributed by atoms with Crippen molar-refractivity contribution < 1.29 is 9.59 Å². The molecule has 1 aliphatic rings. The first-order valence-electron chi connectivity index (χ1n) is 7.29. The second-order valence-electron chi connectivity index (χ2n) is 5.34. The van der Waals surface area contributed by atoms with Crippen molar-refractivity contribution in [1.82, 2.24) is 19.5 Å². The largest absolute Gasteiger partial charge is 0.325 e. The van der Waals surface area contributed by atoms with Gasteiger partial charge in [-0.2, -0.15) is 0 Å². The Morgan fingerprint density at radius 3 is 2.87 bits per heavy atom. The van der Waals surface area contributed by atoms with E-state index in [1.54, 1.807) is 30.7 Å². The predicted molar refractivity (Wildman–Crippen MR) is 82.8 cm³/mol. The van der Waals surface area contributed by atoms with Crippen molar-refractivity contribution in [2.45, 2.75) is 18.9 Å². The van der Waals surface area contributed by atoms with E-state index >= 15 is 0 Å². The van der Waals surface area contributed by atoms with Gasteiger partial charge in [0.2, 0.25) is 5.91 Å². The van der Waals surface area contributed by atoms with Crippen LogP contribution in [0.15, 0.2) is 42.9 Å². The van der Waals surface area contributed by atoms with Crippen LogP contribution in [0.1, 0.15) is 18.2 Å². The van der Waals surface area contributed by atoms with Gasteiger partial charge in [-0.1, -0.05) is 0 Å². The summed E-state index contributed by atoms with van der Waals surface area (Å²) in [7, 11) is 0. The molecule has 4 heterocycles. The Labute approximate surface area is 131 Å². The van der Waals surface area contributed by atoms with Crippen LogP contribution in [0.3, 0.4) is 0 Å². The van der Waals surface area contributed by atoms with Crippen LogP contribution >= 0.6 is 0 Å². The molecule has 1 atom stereocenters. The summed E-state index contributed by atoms with van der Waals surface area (Å²) in [5, 5.41) is 2.75. The van der Waals surface area contributed by atoms with Gasteiger partial charge in [0.15, 0.2) is 17.3 Å². The lowest BCUT2D eigenvalue weighted by Gasteiger charge is -2.22. The number of nitrogens with zero attached hydrogens (tertiary/aromatic N) is 4. The number of imidazole rings is 1. The second kappa shape index (κ2) is 5.28. The van der Waals surface area contributed by atoms with Crippen LogP contribution in [0, 0.1) is 0 Å². The Hall–Kier alpha value is -3.09. The van der Waals surface area contributed by atoms with Gasteiger partial charge in [0.05, 0.1) is 5.52 Å². The average molecular weight is 307 g/mol. The van der Waals surface area contributed by atoms with Gasteiger partial charge < -0.3 is 9.88 Å². The zero-order chi connectivity index (χ0) is 15.8. The quantitative estimate of drug-likeness (QED) is 0.725. The minimum Gasteiger partial charge on any atom is -0.325 e. The Morgan fingerprint density at radius 1 is 1.22 bits per heavy atom. The summed E-state index contributed by atoms with van der Waals surface area (Å²) in [6.07, 6.45) is 5.12. The molecule has 0 spiro atoms. The number of fused-ring (bicyclic) bond motifs is 3. The standard InChI is InChI=1S/C16H13N5O2/c22-12-5-9-21-11-2-1-6-18-14(11)20-15(21)13(12)16(23)19-10-3-7-17-8-4-10/h1-4,6-8,13H,5,9H2,(H,17,19,23). The molecule has 23 heavy (non-hydrogen) atoms. The minimum absolute atomic E-state index is 0.126. The number of carbonyl (C=O) groups excluding carboxylic acids is 2. The van der Waals surface area contributed by atoms with Gasteiger partial charge in [-0.3, -0.25) is 14.6 Å². The van der Waals surface area contributed by atoms with E-state index in [4.69, 9.17) is 0 Å². The highest BCUT2D eigenvalue weighted by molar-refractivity contribution is 6.12. The van der Waals surface area contributed by atoms with E-state index in [1.807, 2.05) is 16.7 Å². The predicted octanol–water partition coefficient (Wildman–Crippen LogP) is 1.52. The Bertz CT molecular complexity index is 903. The van der Waals surface area contributed by atoms with Crippen molar-refractivity contribution >= 4 is 28.5 Å². The van der Waals surface area contributed by atoms with E-state index in [0.717, 1.165) is 5.52 Å². The molecule has 3 aromatic heterocycles. The van der Waals surface area contributed by atoms with E-state index in [-0.39, 0.29) is 11.7 Å². The minimum atomic E-state index is -0.911. The van der Waals surface area contributed by atoms with Gasteiger partial charge >= 0.3 is 0 Å². The van der Waals surface area contributed by atoms with E-state index < -0.39 is 5.92 Å². The summed E-state index contributed by atoms with van der Waals surface area (Å²) in [6.45, 7) is 0.523. The molecule has 1 N–H and O–H groups in total. The number of hydrogen-bond acceptors (Lipinski definition) is 5. The summed E-state index contributed by atoms with van der Waals surface area (Å²) >= 11 is 0. The van der Waals surface area contributed by atoms with Gasteiger partial charge in [-0.15, -0.1) is 0 Å². The van der Waals surface area contributed by atoms with Crippen LogP contribution in [0.5, 0.6) is 0 Å². The molecule has 1 aliphatic heterocycles. The number of pyridine rings is 2. The molecule has 4 rings (SSSR count). The summed E-state index contributed by atoms with van der Waals surface area (Å²) in [5.41, 5.74) is 2.00. The first kappa shape index (κ1) is 13.6. The monoisotopic (exact) mass is 307 g/mol. The molecular formula is C16H13N5O2. The Kier molecular flexibility index (Phi) is 3.11. The number of hydrogen-bond donors (Lipinski definition) is 1. The maximum absolute atomic E-state index is 12.6.